The van der Waals surface area contributed by atoms with Crippen LogP contribution in [-0.2, 0) is 4.79 Å². The quantitative estimate of drug-likeness (QED) is 0.277. The number of hydrogen-bond acceptors (Lipinski definition) is 9. The predicted octanol–water partition coefficient (Wildman–Crippen LogP) is 3.95. The lowest BCUT2D eigenvalue weighted by molar-refractivity contribution is -0.385. The van der Waals surface area contributed by atoms with E-state index in [1.54, 1.807) is 12.1 Å². The van der Waals surface area contributed by atoms with Gasteiger partial charge in [0.15, 0.2) is 12.4 Å². The van der Waals surface area contributed by atoms with E-state index >= 15 is 0 Å². The zero-order chi connectivity index (χ0) is 24.0. The number of halogens is 1. The van der Waals surface area contributed by atoms with Gasteiger partial charge in [-0.1, -0.05) is 11.6 Å². The molecule has 1 aromatic heterocycles. The first-order valence-corrected chi connectivity index (χ1v) is 9.47. The fraction of sp³-hybridized carbons (Fsp3) is 0.100. The highest BCUT2D eigenvalue weighted by Crippen LogP contribution is 2.34. The van der Waals surface area contributed by atoms with Crippen LogP contribution in [0.15, 0.2) is 58.0 Å². The molecule has 13 heteroatoms. The van der Waals surface area contributed by atoms with Crippen LogP contribution < -0.4 is 14.9 Å². The van der Waals surface area contributed by atoms with Crippen LogP contribution in [-0.4, -0.2) is 35.7 Å². The summed E-state index contributed by atoms with van der Waals surface area (Å²) >= 11 is 5.73. The highest BCUT2D eigenvalue weighted by Gasteiger charge is 2.17. The molecule has 0 fully saturated rings. The summed E-state index contributed by atoms with van der Waals surface area (Å²) in [5.41, 5.74) is 2.19. The number of nitro groups is 2. The summed E-state index contributed by atoms with van der Waals surface area (Å²) in [6, 6.07) is 11.1. The van der Waals surface area contributed by atoms with E-state index < -0.39 is 22.4 Å². The fourth-order valence-corrected chi connectivity index (χ4v) is 2.83. The second kappa shape index (κ2) is 10.2. The number of benzene rings is 2. The Kier molecular flexibility index (Phi) is 7.20. The Morgan fingerprint density at radius 2 is 1.91 bits per heavy atom. The molecule has 170 valence electrons. The summed E-state index contributed by atoms with van der Waals surface area (Å²) in [7, 11) is 1.38. The van der Waals surface area contributed by atoms with Gasteiger partial charge in [-0.2, -0.15) is 5.10 Å². The molecule has 1 amide bonds. The van der Waals surface area contributed by atoms with Gasteiger partial charge < -0.3 is 13.9 Å². The number of rotatable bonds is 9. The number of carbonyl (C=O) groups excluding carboxylic acids is 1. The average Bonchev–Trinajstić information content (AvgIpc) is 3.26. The highest BCUT2D eigenvalue weighted by molar-refractivity contribution is 6.30. The molecule has 0 aliphatic heterocycles. The van der Waals surface area contributed by atoms with Crippen molar-refractivity contribution in [3.05, 3.63) is 79.5 Å². The van der Waals surface area contributed by atoms with Crippen molar-refractivity contribution in [1.29, 1.82) is 0 Å². The minimum absolute atomic E-state index is 0.115. The number of hydrazone groups is 1. The third-order valence-electron chi connectivity index (χ3n) is 4.15. The predicted molar refractivity (Wildman–Crippen MR) is 117 cm³/mol. The van der Waals surface area contributed by atoms with Crippen LogP contribution in [0.3, 0.4) is 0 Å². The zero-order valence-electron chi connectivity index (χ0n) is 16.9. The molecular weight excluding hydrogens is 460 g/mol. The topological polar surface area (TPSA) is 159 Å². The number of furan rings is 1. The van der Waals surface area contributed by atoms with Gasteiger partial charge >= 0.3 is 5.69 Å². The number of hydrogen-bond donors (Lipinski definition) is 1. The van der Waals surface area contributed by atoms with E-state index in [-0.39, 0.29) is 33.7 Å². The standard InChI is InChI=1S/C20H15ClN4O8/c1-31-19-9-13(24(27)28)3-5-15(19)17-7-4-14(33-17)10-22-23-20(26)11-32-18-6-2-12(21)8-16(18)25(29)30/h2-10H,11H2,1H3,(H,23,26)/b22-10+. The lowest BCUT2D eigenvalue weighted by Gasteiger charge is -2.06. The minimum Gasteiger partial charge on any atom is -0.496 e. The Bertz CT molecular complexity index is 1240. The van der Waals surface area contributed by atoms with Crippen LogP contribution in [0.25, 0.3) is 11.3 Å². The van der Waals surface area contributed by atoms with E-state index in [2.05, 4.69) is 10.5 Å². The van der Waals surface area contributed by atoms with Crippen molar-refractivity contribution in [1.82, 2.24) is 5.43 Å². The van der Waals surface area contributed by atoms with E-state index in [0.717, 1.165) is 6.07 Å². The summed E-state index contributed by atoms with van der Waals surface area (Å²) in [6.45, 7) is -0.525. The summed E-state index contributed by atoms with van der Waals surface area (Å²) in [6.07, 6.45) is 1.23. The van der Waals surface area contributed by atoms with Gasteiger partial charge in [0.25, 0.3) is 11.6 Å². The molecule has 33 heavy (non-hydrogen) atoms. The van der Waals surface area contributed by atoms with E-state index in [1.165, 1.54) is 43.7 Å². The second-order valence-electron chi connectivity index (χ2n) is 6.29. The molecule has 1 N–H and O–H groups in total. The van der Waals surface area contributed by atoms with Crippen molar-refractivity contribution in [3.63, 3.8) is 0 Å². The molecule has 0 radical (unpaired) electrons. The molecule has 12 nitrogen and oxygen atoms in total. The molecule has 0 spiro atoms. The zero-order valence-corrected chi connectivity index (χ0v) is 17.6. The number of nitrogens with zero attached hydrogens (tertiary/aromatic N) is 3. The number of nitrogens with one attached hydrogen (secondary N) is 1. The summed E-state index contributed by atoms with van der Waals surface area (Å²) in [5, 5.41) is 25.8. The molecule has 1 heterocycles. The van der Waals surface area contributed by atoms with Crippen LogP contribution >= 0.6 is 11.6 Å². The smallest absolute Gasteiger partial charge is 0.312 e. The van der Waals surface area contributed by atoms with E-state index in [0.29, 0.717) is 11.3 Å². The number of nitro benzene ring substituents is 2. The maximum absolute atomic E-state index is 11.9. The van der Waals surface area contributed by atoms with Crippen LogP contribution in [0, 0.1) is 20.2 Å². The first-order chi connectivity index (χ1) is 15.8. The van der Waals surface area contributed by atoms with E-state index in [9.17, 15) is 25.0 Å². The van der Waals surface area contributed by atoms with Crippen molar-refractivity contribution in [2.45, 2.75) is 0 Å². The molecule has 0 aliphatic rings. The van der Waals surface area contributed by atoms with Gasteiger partial charge in [0, 0.05) is 17.2 Å². The van der Waals surface area contributed by atoms with Crippen LogP contribution in [0.2, 0.25) is 5.02 Å². The lowest BCUT2D eigenvalue weighted by Crippen LogP contribution is -2.24. The largest absolute Gasteiger partial charge is 0.496 e. The van der Waals surface area contributed by atoms with Crippen LogP contribution in [0.4, 0.5) is 11.4 Å². The van der Waals surface area contributed by atoms with Crippen LogP contribution in [0.1, 0.15) is 5.76 Å². The molecular formula is C20H15ClN4O8. The molecule has 0 saturated heterocycles. The molecule has 0 bridgehead atoms. The van der Waals surface area contributed by atoms with Gasteiger partial charge in [-0.15, -0.1) is 0 Å². The Balaban J connectivity index is 1.61. The van der Waals surface area contributed by atoms with E-state index in [1.807, 2.05) is 0 Å². The van der Waals surface area contributed by atoms with Crippen LogP contribution in [0.5, 0.6) is 11.5 Å². The van der Waals surface area contributed by atoms with E-state index in [4.69, 9.17) is 25.5 Å². The number of amides is 1. The molecule has 0 unspecified atom stereocenters. The van der Waals surface area contributed by atoms with Crippen molar-refractivity contribution in [2.75, 3.05) is 13.7 Å². The number of carbonyl (C=O) groups is 1. The Labute approximate surface area is 190 Å². The highest BCUT2D eigenvalue weighted by atomic mass is 35.5. The van der Waals surface area contributed by atoms with Gasteiger partial charge in [0.05, 0.1) is 34.8 Å². The minimum atomic E-state index is -0.675. The number of ether oxygens (including phenoxy) is 2. The molecule has 0 aliphatic carbocycles. The van der Waals surface area contributed by atoms with Gasteiger partial charge in [0.1, 0.15) is 17.3 Å². The summed E-state index contributed by atoms with van der Waals surface area (Å²) in [4.78, 5) is 32.6. The molecule has 0 atom stereocenters. The maximum Gasteiger partial charge on any atom is 0.312 e. The van der Waals surface area contributed by atoms with Crippen molar-refractivity contribution >= 4 is 35.1 Å². The second-order valence-corrected chi connectivity index (χ2v) is 6.73. The van der Waals surface area contributed by atoms with Crippen molar-refractivity contribution in [2.24, 2.45) is 5.10 Å². The monoisotopic (exact) mass is 474 g/mol. The molecule has 3 rings (SSSR count). The first-order valence-electron chi connectivity index (χ1n) is 9.09. The van der Waals surface area contributed by atoms with Gasteiger partial charge in [-0.25, -0.2) is 5.43 Å². The number of non-ortho nitro benzene ring substituents is 1. The Morgan fingerprint density at radius 3 is 2.61 bits per heavy atom. The van der Waals surface area contributed by atoms with Gasteiger partial charge in [-0.05, 0) is 30.3 Å². The summed E-state index contributed by atoms with van der Waals surface area (Å²) in [5.74, 6) is 0.118. The SMILES string of the molecule is COc1cc([N+](=O)[O-])ccc1-c1ccc(/C=N/NC(=O)COc2ccc(Cl)cc2[N+](=O)[O-])o1. The van der Waals surface area contributed by atoms with Gasteiger partial charge in [0.2, 0.25) is 0 Å². The van der Waals surface area contributed by atoms with Gasteiger partial charge in [-0.3, -0.25) is 25.0 Å². The van der Waals surface area contributed by atoms with Crippen molar-refractivity contribution < 1.29 is 28.5 Å². The third kappa shape index (κ3) is 5.83. The van der Waals surface area contributed by atoms with Crippen molar-refractivity contribution in [3.8, 4) is 22.8 Å². The summed E-state index contributed by atoms with van der Waals surface area (Å²) < 4.78 is 16.0. The normalized spacial score (nSPS) is 10.7. The Hall–Kier alpha value is -4.45. The first kappa shape index (κ1) is 23.2. The average molecular weight is 475 g/mol. The maximum atomic E-state index is 11.9. The number of methoxy groups -OCH3 is 1. The molecule has 0 saturated carbocycles. The fourth-order valence-electron chi connectivity index (χ4n) is 2.66. The molecule has 3 aromatic rings. The third-order valence-corrected chi connectivity index (χ3v) is 4.38. The lowest BCUT2D eigenvalue weighted by atomic mass is 10.1. The Morgan fingerprint density at radius 1 is 1.12 bits per heavy atom. The molecule has 2 aromatic carbocycles.